The van der Waals surface area contributed by atoms with Gasteiger partial charge < -0.3 is 9.64 Å². The van der Waals surface area contributed by atoms with Crippen LogP contribution < -0.4 is 4.74 Å². The molecule has 0 spiro atoms. The van der Waals surface area contributed by atoms with Crippen molar-refractivity contribution < 1.29 is 9.53 Å². The lowest BCUT2D eigenvalue weighted by atomic mass is 10.1. The lowest BCUT2D eigenvalue weighted by Gasteiger charge is -2.22. The predicted octanol–water partition coefficient (Wildman–Crippen LogP) is 3.36. The number of amides is 1. The molecule has 0 bridgehead atoms. The van der Waals surface area contributed by atoms with E-state index >= 15 is 0 Å². The third-order valence-corrected chi connectivity index (χ3v) is 4.95. The molecule has 138 valence electrons. The smallest absolute Gasteiger partial charge is 0.222 e. The Labute approximate surface area is 156 Å². The molecule has 3 rings (SSSR count). The highest BCUT2D eigenvalue weighted by atomic mass is 16.5. The van der Waals surface area contributed by atoms with Gasteiger partial charge in [-0.1, -0.05) is 42.5 Å². The maximum absolute atomic E-state index is 12.6. The molecule has 26 heavy (non-hydrogen) atoms. The highest BCUT2D eigenvalue weighted by Crippen LogP contribution is 2.16. The summed E-state index contributed by atoms with van der Waals surface area (Å²) in [7, 11) is 1.70. The summed E-state index contributed by atoms with van der Waals surface area (Å²) in [5.41, 5.74) is 2.49. The number of methoxy groups -OCH3 is 1. The van der Waals surface area contributed by atoms with Gasteiger partial charge in [0.2, 0.25) is 5.91 Å². The van der Waals surface area contributed by atoms with E-state index in [1.807, 2.05) is 35.2 Å². The summed E-state index contributed by atoms with van der Waals surface area (Å²) in [6.07, 6.45) is 2.45. The molecule has 0 N–H and O–H groups in total. The van der Waals surface area contributed by atoms with Crippen LogP contribution in [0.25, 0.3) is 0 Å². The first-order chi connectivity index (χ1) is 12.7. The molecule has 2 aromatic carbocycles. The SMILES string of the molecule is COc1cccc(CN2CCCN(C(=O)CCc3ccccc3)CC2)c1. The van der Waals surface area contributed by atoms with Crippen molar-refractivity contribution in [2.75, 3.05) is 33.3 Å². The fourth-order valence-corrected chi connectivity index (χ4v) is 3.46. The Kier molecular flexibility index (Phi) is 6.67. The van der Waals surface area contributed by atoms with E-state index in [1.54, 1.807) is 7.11 Å². The van der Waals surface area contributed by atoms with E-state index in [2.05, 4.69) is 29.2 Å². The van der Waals surface area contributed by atoms with Gasteiger partial charge in [0.25, 0.3) is 0 Å². The molecule has 4 nitrogen and oxygen atoms in total. The largest absolute Gasteiger partial charge is 0.497 e. The highest BCUT2D eigenvalue weighted by molar-refractivity contribution is 5.76. The van der Waals surface area contributed by atoms with Gasteiger partial charge in [0.15, 0.2) is 0 Å². The van der Waals surface area contributed by atoms with Crippen molar-refractivity contribution in [2.24, 2.45) is 0 Å². The monoisotopic (exact) mass is 352 g/mol. The van der Waals surface area contributed by atoms with Gasteiger partial charge >= 0.3 is 0 Å². The van der Waals surface area contributed by atoms with Gasteiger partial charge in [-0.15, -0.1) is 0 Å². The molecule has 0 saturated carbocycles. The first-order valence-electron chi connectivity index (χ1n) is 9.41. The molecule has 4 heteroatoms. The van der Waals surface area contributed by atoms with Gasteiger partial charge in [-0.25, -0.2) is 0 Å². The number of benzene rings is 2. The second-order valence-electron chi connectivity index (χ2n) is 6.85. The average Bonchev–Trinajstić information content (AvgIpc) is 2.93. The zero-order valence-electron chi connectivity index (χ0n) is 15.6. The number of rotatable bonds is 6. The molecule has 0 atom stereocenters. The molecular formula is C22H28N2O2. The molecule has 1 aliphatic rings. The summed E-state index contributed by atoms with van der Waals surface area (Å²) in [5.74, 6) is 1.17. The summed E-state index contributed by atoms with van der Waals surface area (Å²) in [6, 6.07) is 18.5. The Hall–Kier alpha value is -2.33. The Morgan fingerprint density at radius 1 is 0.962 bits per heavy atom. The number of hydrogen-bond acceptors (Lipinski definition) is 3. The van der Waals surface area contributed by atoms with Crippen molar-refractivity contribution in [2.45, 2.75) is 25.8 Å². The quantitative estimate of drug-likeness (QED) is 0.799. The summed E-state index contributed by atoms with van der Waals surface area (Å²) in [5, 5.41) is 0. The first-order valence-corrected chi connectivity index (χ1v) is 9.41. The number of aryl methyl sites for hydroxylation is 1. The lowest BCUT2D eigenvalue weighted by Crippen LogP contribution is -2.35. The van der Waals surface area contributed by atoms with Gasteiger partial charge in [0.05, 0.1) is 7.11 Å². The van der Waals surface area contributed by atoms with Crippen LogP contribution in [-0.2, 0) is 17.8 Å². The van der Waals surface area contributed by atoms with E-state index in [4.69, 9.17) is 4.74 Å². The van der Waals surface area contributed by atoms with Crippen molar-refractivity contribution in [3.8, 4) is 5.75 Å². The lowest BCUT2D eigenvalue weighted by molar-refractivity contribution is -0.131. The molecule has 0 unspecified atom stereocenters. The molecule has 1 heterocycles. The number of nitrogens with zero attached hydrogens (tertiary/aromatic N) is 2. The van der Waals surface area contributed by atoms with E-state index in [0.717, 1.165) is 51.3 Å². The van der Waals surface area contributed by atoms with E-state index < -0.39 is 0 Å². The van der Waals surface area contributed by atoms with Crippen LogP contribution in [0, 0.1) is 0 Å². The minimum absolute atomic E-state index is 0.275. The molecule has 0 radical (unpaired) electrons. The number of ether oxygens (including phenoxy) is 1. The molecule has 2 aromatic rings. The molecule has 0 aromatic heterocycles. The third-order valence-electron chi connectivity index (χ3n) is 4.95. The number of carbonyl (C=O) groups excluding carboxylic acids is 1. The maximum atomic E-state index is 12.6. The fourth-order valence-electron chi connectivity index (χ4n) is 3.46. The standard InChI is InChI=1S/C22H28N2O2/c1-26-21-10-5-9-20(17-21)18-23-13-6-14-24(16-15-23)22(25)12-11-19-7-3-2-4-8-19/h2-5,7-10,17H,6,11-16,18H2,1H3. The maximum Gasteiger partial charge on any atom is 0.222 e. The van der Waals surface area contributed by atoms with Crippen LogP contribution in [0.4, 0.5) is 0 Å². The van der Waals surface area contributed by atoms with Crippen LogP contribution in [0.2, 0.25) is 0 Å². The summed E-state index contributed by atoms with van der Waals surface area (Å²) >= 11 is 0. The summed E-state index contributed by atoms with van der Waals surface area (Å²) in [4.78, 5) is 17.0. The van der Waals surface area contributed by atoms with E-state index in [1.165, 1.54) is 11.1 Å². The van der Waals surface area contributed by atoms with E-state index in [-0.39, 0.29) is 5.91 Å². The van der Waals surface area contributed by atoms with E-state index in [9.17, 15) is 4.79 Å². The molecule has 1 fully saturated rings. The summed E-state index contributed by atoms with van der Waals surface area (Å²) < 4.78 is 5.31. The van der Waals surface area contributed by atoms with Crippen LogP contribution in [0.15, 0.2) is 54.6 Å². The number of carbonyl (C=O) groups is 1. The Morgan fingerprint density at radius 2 is 1.77 bits per heavy atom. The van der Waals surface area contributed by atoms with Crippen molar-refractivity contribution in [3.05, 3.63) is 65.7 Å². The normalized spacial score (nSPS) is 15.5. The minimum atomic E-state index is 0.275. The predicted molar refractivity (Wildman–Crippen MR) is 104 cm³/mol. The average molecular weight is 352 g/mol. The van der Waals surface area contributed by atoms with Crippen LogP contribution in [0.5, 0.6) is 5.75 Å². The van der Waals surface area contributed by atoms with Crippen LogP contribution in [0.3, 0.4) is 0 Å². The van der Waals surface area contributed by atoms with Crippen molar-refractivity contribution in [3.63, 3.8) is 0 Å². The van der Waals surface area contributed by atoms with Crippen LogP contribution in [-0.4, -0.2) is 49.0 Å². The van der Waals surface area contributed by atoms with Crippen LogP contribution in [0.1, 0.15) is 24.0 Å². The summed E-state index contributed by atoms with van der Waals surface area (Å²) in [6.45, 7) is 4.54. The topological polar surface area (TPSA) is 32.8 Å². The number of hydrogen-bond donors (Lipinski definition) is 0. The van der Waals surface area contributed by atoms with Gasteiger partial charge in [-0.3, -0.25) is 9.69 Å². The molecule has 1 saturated heterocycles. The second-order valence-corrected chi connectivity index (χ2v) is 6.85. The Balaban J connectivity index is 1.48. The minimum Gasteiger partial charge on any atom is -0.497 e. The molecule has 1 amide bonds. The van der Waals surface area contributed by atoms with Gasteiger partial charge in [0.1, 0.15) is 5.75 Å². The second kappa shape index (κ2) is 9.39. The molecular weight excluding hydrogens is 324 g/mol. The van der Waals surface area contributed by atoms with Gasteiger partial charge in [-0.05, 0) is 36.1 Å². The van der Waals surface area contributed by atoms with Crippen molar-refractivity contribution >= 4 is 5.91 Å². The van der Waals surface area contributed by atoms with Crippen molar-refractivity contribution in [1.82, 2.24) is 9.80 Å². The zero-order valence-corrected chi connectivity index (χ0v) is 15.6. The Morgan fingerprint density at radius 3 is 2.58 bits per heavy atom. The van der Waals surface area contributed by atoms with Crippen molar-refractivity contribution in [1.29, 1.82) is 0 Å². The fraction of sp³-hybridized carbons (Fsp3) is 0.409. The van der Waals surface area contributed by atoms with Gasteiger partial charge in [0, 0.05) is 39.1 Å². The van der Waals surface area contributed by atoms with Gasteiger partial charge in [-0.2, -0.15) is 0 Å². The highest BCUT2D eigenvalue weighted by Gasteiger charge is 2.19. The molecule has 0 aliphatic carbocycles. The van der Waals surface area contributed by atoms with E-state index in [0.29, 0.717) is 6.42 Å². The third kappa shape index (κ3) is 5.33. The zero-order chi connectivity index (χ0) is 18.2. The molecule has 1 aliphatic heterocycles. The van der Waals surface area contributed by atoms with Crippen LogP contribution >= 0.6 is 0 Å². The Bertz CT molecular complexity index is 702. The first kappa shape index (κ1) is 18.5.